The Bertz CT molecular complexity index is 784. The van der Waals surface area contributed by atoms with Gasteiger partial charge in [0.15, 0.2) is 0 Å². The summed E-state index contributed by atoms with van der Waals surface area (Å²) in [7, 11) is 5.74. The predicted molar refractivity (Wildman–Crippen MR) is 124 cm³/mol. The maximum absolute atomic E-state index is 12.3. The molecule has 2 N–H and O–H groups in total. The number of hydrogen-bond donors (Lipinski definition) is 2. The first-order chi connectivity index (χ1) is 14.3. The van der Waals surface area contributed by atoms with Crippen molar-refractivity contribution in [2.75, 3.05) is 0 Å². The van der Waals surface area contributed by atoms with Crippen molar-refractivity contribution >= 4 is 52.5 Å². The molecule has 4 atom stereocenters. The fraction of sp³-hybridized carbons (Fsp3) is 0.500. The van der Waals surface area contributed by atoms with Crippen LogP contribution in [0.3, 0.4) is 0 Å². The van der Waals surface area contributed by atoms with Crippen molar-refractivity contribution in [1.29, 1.82) is 0 Å². The van der Waals surface area contributed by atoms with Gasteiger partial charge in [0.1, 0.15) is 0 Å². The van der Waals surface area contributed by atoms with Crippen LogP contribution in [0, 0.1) is 18.8 Å². The van der Waals surface area contributed by atoms with E-state index < -0.39 is 18.2 Å². The zero-order chi connectivity index (χ0) is 22.1. The van der Waals surface area contributed by atoms with Crippen molar-refractivity contribution in [2.45, 2.75) is 57.7 Å². The number of thiophene rings is 1. The fourth-order valence-corrected chi connectivity index (χ4v) is 5.09. The molecule has 1 aliphatic carbocycles. The number of carboxylic acid groups (broad SMARTS) is 1. The number of allylic oxidation sites excluding steroid dienone is 2. The van der Waals surface area contributed by atoms with E-state index in [4.69, 9.17) is 17.3 Å². The fourth-order valence-electron chi connectivity index (χ4n) is 3.49. The molecule has 0 spiro atoms. The van der Waals surface area contributed by atoms with E-state index in [9.17, 15) is 14.7 Å². The van der Waals surface area contributed by atoms with Gasteiger partial charge in [-0.15, -0.1) is 0 Å². The van der Waals surface area contributed by atoms with Crippen LogP contribution in [0.25, 0.3) is 0 Å². The molecule has 5 nitrogen and oxygen atoms in total. The number of carboxylic acids is 1. The van der Waals surface area contributed by atoms with E-state index in [-0.39, 0.29) is 24.0 Å². The number of halogens is 1. The van der Waals surface area contributed by atoms with E-state index in [2.05, 4.69) is 22.0 Å². The second kappa shape index (κ2) is 12.4. The molecule has 0 saturated heterocycles. The molecule has 2 rings (SSSR count). The van der Waals surface area contributed by atoms with Crippen molar-refractivity contribution < 1.29 is 24.5 Å². The number of aryl methyl sites for hydroxylation is 2. The van der Waals surface area contributed by atoms with Crippen molar-refractivity contribution in [3.63, 3.8) is 0 Å². The Morgan fingerprint density at radius 2 is 2.17 bits per heavy atom. The van der Waals surface area contributed by atoms with Gasteiger partial charge < -0.3 is 0 Å². The van der Waals surface area contributed by atoms with Crippen LogP contribution < -0.4 is 0 Å². The van der Waals surface area contributed by atoms with Crippen LogP contribution in [0.1, 0.15) is 41.9 Å². The molecule has 1 aromatic heterocycles. The van der Waals surface area contributed by atoms with Gasteiger partial charge in [0.25, 0.3) is 0 Å². The molecular formula is C22H27BBrO5S. The second-order valence-corrected chi connectivity index (χ2v) is 9.63. The number of hydrogen-bond acceptors (Lipinski definition) is 5. The molecule has 1 heterocycles. The SMILES string of the molecule is [B]=C[C@@H]1CC(O)[C@H](O/C=C\CCCC(=O)O)[C@H]1/C=C/C(=O)CCc1cc(Br)c(C)s1. The van der Waals surface area contributed by atoms with Crippen molar-refractivity contribution in [3.8, 4) is 0 Å². The van der Waals surface area contributed by atoms with Gasteiger partial charge in [-0.25, -0.2) is 0 Å². The molecule has 0 bridgehead atoms. The Morgan fingerprint density at radius 1 is 1.40 bits per heavy atom. The Balaban J connectivity index is 1.90. The Labute approximate surface area is 191 Å². The monoisotopic (exact) mass is 493 g/mol. The number of ether oxygens (including phenoxy) is 1. The Morgan fingerprint density at radius 3 is 2.80 bits per heavy atom. The minimum atomic E-state index is -0.825. The molecule has 161 valence electrons. The van der Waals surface area contributed by atoms with Gasteiger partial charge in [0, 0.05) is 0 Å². The summed E-state index contributed by atoms with van der Waals surface area (Å²) in [6, 6.07) is 2.05. The first kappa shape index (κ1) is 24.8. The van der Waals surface area contributed by atoms with Gasteiger partial charge in [-0.05, 0) is 0 Å². The zero-order valence-electron chi connectivity index (χ0n) is 17.0. The van der Waals surface area contributed by atoms with Crippen LogP contribution in [-0.2, 0) is 20.7 Å². The number of unbranched alkanes of at least 4 members (excludes halogenated alkanes) is 1. The van der Waals surface area contributed by atoms with Crippen molar-refractivity contribution in [3.05, 3.63) is 44.8 Å². The summed E-state index contributed by atoms with van der Waals surface area (Å²) in [6.07, 6.45) is 8.25. The third-order valence-electron chi connectivity index (χ3n) is 5.14. The van der Waals surface area contributed by atoms with Gasteiger partial charge in [0.05, 0.1) is 0 Å². The standard InChI is InChI=1S/C22H27BBrO5S/c1-14-19(24)12-17(30-14)8-6-16(25)7-9-18-15(13-23)11-20(26)22(18)29-10-4-2-3-5-21(27)28/h4,7,9-10,12-13,15,18,20,22,26H,2-3,5-6,8,11H2,1H3,(H,27,28)/b9-7+,10-4-/t15-,18-,20?,22+/m0/s1. The van der Waals surface area contributed by atoms with Crippen LogP contribution in [0.4, 0.5) is 0 Å². The van der Waals surface area contributed by atoms with Gasteiger partial charge in [0.2, 0.25) is 0 Å². The van der Waals surface area contributed by atoms with Gasteiger partial charge in [-0.3, -0.25) is 0 Å². The molecule has 0 aromatic carbocycles. The third kappa shape index (κ3) is 7.63. The quantitative estimate of drug-likeness (QED) is 0.199. The molecule has 1 saturated carbocycles. The minimum absolute atomic E-state index is 0.0253. The van der Waals surface area contributed by atoms with Crippen molar-refractivity contribution in [1.82, 2.24) is 0 Å². The van der Waals surface area contributed by atoms with Gasteiger partial charge in [-0.1, -0.05) is 0 Å². The molecule has 8 heteroatoms. The number of ketones is 1. The Kier molecular flexibility index (Phi) is 10.2. The molecule has 0 aliphatic heterocycles. The normalized spacial score (nSPS) is 23.9. The molecule has 1 aliphatic rings. The van der Waals surface area contributed by atoms with Crippen molar-refractivity contribution in [2.24, 2.45) is 11.8 Å². The van der Waals surface area contributed by atoms with E-state index >= 15 is 0 Å². The summed E-state index contributed by atoms with van der Waals surface area (Å²) in [6.45, 7) is 2.04. The molecule has 30 heavy (non-hydrogen) atoms. The first-order valence-electron chi connectivity index (χ1n) is 10.0. The van der Waals surface area contributed by atoms with E-state index in [0.29, 0.717) is 32.1 Å². The summed E-state index contributed by atoms with van der Waals surface area (Å²) in [5.41, 5.74) is 0. The number of aliphatic carboxylic acids is 1. The number of carbonyl (C=O) groups excluding carboxylic acids is 1. The number of carbonyl (C=O) groups is 2. The first-order valence-corrected chi connectivity index (χ1v) is 11.6. The maximum atomic E-state index is 12.3. The van der Waals surface area contributed by atoms with E-state index in [1.54, 1.807) is 35.5 Å². The molecule has 0 amide bonds. The van der Waals surface area contributed by atoms with Gasteiger partial charge in [-0.2, -0.15) is 0 Å². The van der Waals surface area contributed by atoms with E-state index in [1.165, 1.54) is 16.0 Å². The molecule has 1 unspecified atom stereocenters. The van der Waals surface area contributed by atoms with Crippen LogP contribution >= 0.6 is 27.3 Å². The summed E-state index contributed by atoms with van der Waals surface area (Å²) in [5.74, 6) is 0.473. The summed E-state index contributed by atoms with van der Waals surface area (Å²) in [4.78, 5) is 25.2. The number of aliphatic hydroxyl groups is 1. The third-order valence-corrected chi connectivity index (χ3v) is 7.33. The van der Waals surface area contributed by atoms with Crippen LogP contribution in [0.2, 0.25) is 0 Å². The molecule has 1 aromatic rings. The zero-order valence-corrected chi connectivity index (χ0v) is 19.4. The molecule has 1 radical (unpaired) electrons. The number of aliphatic hydroxyl groups excluding tert-OH is 1. The van der Waals surface area contributed by atoms with E-state index in [1.807, 2.05) is 6.92 Å². The Hall–Kier alpha value is -1.51. The van der Waals surface area contributed by atoms with Crippen LogP contribution in [0.15, 0.2) is 35.0 Å². The summed E-state index contributed by atoms with van der Waals surface area (Å²) < 4.78 is 6.80. The van der Waals surface area contributed by atoms with E-state index in [0.717, 1.165) is 4.47 Å². The van der Waals surface area contributed by atoms with Crippen LogP contribution in [0.5, 0.6) is 0 Å². The summed E-state index contributed by atoms with van der Waals surface area (Å²) in [5, 5.41) is 19.0. The topological polar surface area (TPSA) is 83.8 Å². The second-order valence-electron chi connectivity index (χ2n) is 7.44. The molecular weight excluding hydrogens is 467 g/mol. The molecule has 1 fully saturated rings. The average molecular weight is 494 g/mol. The average Bonchev–Trinajstić information content (AvgIpc) is 3.19. The van der Waals surface area contributed by atoms with Crippen LogP contribution in [-0.4, -0.2) is 47.6 Å². The predicted octanol–water partition coefficient (Wildman–Crippen LogP) is 4.00. The summed E-state index contributed by atoms with van der Waals surface area (Å²) >= 11 is 5.18. The number of rotatable bonds is 12. The van der Waals surface area contributed by atoms with Gasteiger partial charge >= 0.3 is 191 Å².